The van der Waals surface area contributed by atoms with Crippen LogP contribution in [0.2, 0.25) is 0 Å². The summed E-state index contributed by atoms with van der Waals surface area (Å²) in [5.41, 5.74) is 0. The second-order valence-corrected chi connectivity index (χ2v) is 29.6. The Hall–Kier alpha value is -3.41. The van der Waals surface area contributed by atoms with Gasteiger partial charge in [-0.05, 0) is 136 Å². The average Bonchev–Trinajstić information content (AvgIpc) is 2.19. The second kappa shape index (κ2) is 50.5. The topological polar surface area (TPSA) is 114 Å². The number of imide groups is 1. The van der Waals surface area contributed by atoms with Gasteiger partial charge in [0.2, 0.25) is 5.91 Å². The SMILES string of the molecule is CCCCCCCCC(CCCCCC)C(=O)OCCCCCCCC(CCCCCCCOC(=O)C(CCCCCC)CCCCCCCC)CC(=O)N(CCCOS(c1ccccc1)(c1ccccc1)C(C)(C)C)C(=O)NCCCN(C)C. The van der Waals surface area contributed by atoms with E-state index in [0.717, 1.165) is 151 Å². The molecule has 0 aliphatic rings. The van der Waals surface area contributed by atoms with E-state index in [1.54, 1.807) is 0 Å². The van der Waals surface area contributed by atoms with Gasteiger partial charge in [0.15, 0.2) is 0 Å². The minimum Gasteiger partial charge on any atom is -0.465 e. The Morgan fingerprint density at radius 3 is 1.20 bits per heavy atom. The predicted molar refractivity (Wildman–Crippen MR) is 362 cm³/mol. The van der Waals surface area contributed by atoms with E-state index in [4.69, 9.17) is 13.7 Å². The van der Waals surface area contributed by atoms with Gasteiger partial charge in [0, 0.05) is 34.0 Å². The molecular formula is C74H131N3O7S. The van der Waals surface area contributed by atoms with E-state index >= 15 is 0 Å². The van der Waals surface area contributed by atoms with Gasteiger partial charge in [-0.1, -0.05) is 254 Å². The molecule has 490 valence electrons. The van der Waals surface area contributed by atoms with Crippen LogP contribution in [0.4, 0.5) is 4.79 Å². The van der Waals surface area contributed by atoms with Crippen LogP contribution in [0.15, 0.2) is 70.5 Å². The Balaban J connectivity index is 2.14. The van der Waals surface area contributed by atoms with Crippen molar-refractivity contribution in [2.24, 2.45) is 17.8 Å². The van der Waals surface area contributed by atoms with Crippen molar-refractivity contribution in [3.63, 3.8) is 0 Å². The number of amides is 3. The largest absolute Gasteiger partial charge is 0.465 e. The first-order valence-corrected chi connectivity index (χ1v) is 36.9. The number of nitrogens with zero attached hydrogens (tertiary/aromatic N) is 2. The van der Waals surface area contributed by atoms with Crippen LogP contribution in [0.1, 0.15) is 299 Å². The average molecular weight is 1210 g/mol. The number of esters is 2. The van der Waals surface area contributed by atoms with Gasteiger partial charge < -0.3 is 23.9 Å². The molecule has 2 unspecified atom stereocenters. The highest BCUT2D eigenvalue weighted by molar-refractivity contribution is 8.31. The first-order valence-electron chi connectivity index (χ1n) is 35.4. The highest BCUT2D eigenvalue weighted by Crippen LogP contribution is 2.71. The van der Waals surface area contributed by atoms with Crippen LogP contribution in [0.25, 0.3) is 0 Å². The number of carbonyl (C=O) groups is 4. The summed E-state index contributed by atoms with van der Waals surface area (Å²) < 4.78 is 18.8. The van der Waals surface area contributed by atoms with E-state index in [9.17, 15) is 19.2 Å². The standard InChI is InChI=1S/C74H131N3O7S/c1-10-14-18-22-28-38-52-66(50-36-20-16-12-3)71(79)82-61-44-30-24-26-34-48-65(49-35-27-25-31-45-62-83-72(80)67(51-37-21-17-13-4)53-39-29-23-19-15-11-2)64-70(78)77(73(81)75-58-46-59-76(8)9)60-47-63-84-85(74(5,6)7,68-54-40-32-41-55-68)69-56-42-33-43-57-69/h32-33,40-43,54-57,65-67H,10-31,34-39,44-53,58-64H2,1-9H3,(H,75,81). The van der Waals surface area contributed by atoms with Gasteiger partial charge in [0.1, 0.15) is 0 Å². The summed E-state index contributed by atoms with van der Waals surface area (Å²) >= 11 is 0. The van der Waals surface area contributed by atoms with Crippen LogP contribution in [-0.4, -0.2) is 92.0 Å². The van der Waals surface area contributed by atoms with Crippen molar-refractivity contribution in [1.29, 1.82) is 0 Å². The van der Waals surface area contributed by atoms with Crippen molar-refractivity contribution in [2.75, 3.05) is 53.6 Å². The number of rotatable bonds is 55. The van der Waals surface area contributed by atoms with E-state index < -0.39 is 10.3 Å². The highest BCUT2D eigenvalue weighted by Gasteiger charge is 2.41. The van der Waals surface area contributed by atoms with Crippen molar-refractivity contribution < 1.29 is 32.8 Å². The monoisotopic (exact) mass is 1210 g/mol. The van der Waals surface area contributed by atoms with E-state index in [2.05, 4.69) is 107 Å². The maximum absolute atomic E-state index is 14.7. The number of hydrogen-bond acceptors (Lipinski definition) is 8. The number of hydrogen-bond donors (Lipinski definition) is 1. The fraction of sp³-hybridized carbons (Fsp3) is 0.784. The number of urea groups is 1. The smallest absolute Gasteiger partial charge is 0.324 e. The minimum absolute atomic E-state index is 0.0130. The molecule has 0 radical (unpaired) electrons. The molecule has 0 saturated carbocycles. The first-order chi connectivity index (χ1) is 41.2. The van der Waals surface area contributed by atoms with Crippen molar-refractivity contribution in [2.45, 2.75) is 313 Å². The van der Waals surface area contributed by atoms with Crippen LogP contribution in [-0.2, 0) is 28.0 Å². The molecule has 2 rings (SSSR count). The predicted octanol–water partition coefficient (Wildman–Crippen LogP) is 21.0. The molecule has 1 N–H and O–H groups in total. The maximum atomic E-state index is 14.7. The van der Waals surface area contributed by atoms with E-state index in [1.165, 1.54) is 108 Å². The summed E-state index contributed by atoms with van der Waals surface area (Å²) in [6, 6.07) is 20.8. The molecule has 2 atom stereocenters. The lowest BCUT2D eigenvalue weighted by Gasteiger charge is -2.50. The lowest BCUT2D eigenvalue weighted by atomic mass is 9.91. The van der Waals surface area contributed by atoms with Crippen molar-refractivity contribution in [3.05, 3.63) is 60.7 Å². The summed E-state index contributed by atoms with van der Waals surface area (Å²) in [6.45, 7) is 18.7. The molecule has 0 spiro atoms. The molecule has 0 aliphatic heterocycles. The van der Waals surface area contributed by atoms with Gasteiger partial charge in [-0.25, -0.2) is 4.79 Å². The summed E-state index contributed by atoms with van der Waals surface area (Å²) in [5.74, 6) is 0.130. The van der Waals surface area contributed by atoms with Crippen molar-refractivity contribution in [3.8, 4) is 0 Å². The molecule has 3 amide bonds. The third-order valence-electron chi connectivity index (χ3n) is 17.2. The molecule has 0 aromatic heterocycles. The molecule has 10 nitrogen and oxygen atoms in total. The van der Waals surface area contributed by atoms with Gasteiger partial charge in [-0.3, -0.25) is 19.3 Å². The van der Waals surface area contributed by atoms with Gasteiger partial charge in [-0.2, -0.15) is 0 Å². The fourth-order valence-electron chi connectivity index (χ4n) is 12.0. The van der Waals surface area contributed by atoms with Crippen LogP contribution >= 0.6 is 10.3 Å². The molecule has 85 heavy (non-hydrogen) atoms. The van der Waals surface area contributed by atoms with Crippen LogP contribution < -0.4 is 5.32 Å². The van der Waals surface area contributed by atoms with Crippen LogP contribution in [0, 0.1) is 17.8 Å². The van der Waals surface area contributed by atoms with E-state index in [-0.39, 0.29) is 52.9 Å². The molecule has 11 heteroatoms. The Labute approximate surface area is 524 Å². The lowest BCUT2D eigenvalue weighted by molar-refractivity contribution is -0.150. The normalized spacial score (nSPS) is 13.2. The molecule has 0 saturated heterocycles. The lowest BCUT2D eigenvalue weighted by Crippen LogP contribution is -2.45. The zero-order chi connectivity index (χ0) is 62.1. The third kappa shape index (κ3) is 35.4. The van der Waals surface area contributed by atoms with Crippen LogP contribution in [0.3, 0.4) is 0 Å². The summed E-state index contributed by atoms with van der Waals surface area (Å²) in [5, 5.41) is 3.11. The molecular weight excluding hydrogens is 1070 g/mol. The maximum Gasteiger partial charge on any atom is 0.324 e. The van der Waals surface area contributed by atoms with Crippen molar-refractivity contribution in [1.82, 2.24) is 15.1 Å². The quantitative estimate of drug-likeness (QED) is 0.0515. The molecule has 0 fully saturated rings. The fourth-order valence-corrected chi connectivity index (χ4v) is 15.7. The number of nitrogens with one attached hydrogen (secondary N) is 1. The van der Waals surface area contributed by atoms with Gasteiger partial charge >= 0.3 is 18.0 Å². The molecule has 0 heterocycles. The van der Waals surface area contributed by atoms with Gasteiger partial charge in [-0.15, -0.1) is 0 Å². The number of benzene rings is 2. The van der Waals surface area contributed by atoms with E-state index in [0.29, 0.717) is 39.2 Å². The number of ether oxygens (including phenoxy) is 2. The van der Waals surface area contributed by atoms with Crippen LogP contribution in [0.5, 0.6) is 0 Å². The van der Waals surface area contributed by atoms with Crippen molar-refractivity contribution >= 4 is 34.2 Å². The summed E-state index contributed by atoms with van der Waals surface area (Å²) in [4.78, 5) is 61.4. The first kappa shape index (κ1) is 77.7. The second-order valence-electron chi connectivity index (χ2n) is 26.1. The molecule has 2 aromatic rings. The highest BCUT2D eigenvalue weighted by atomic mass is 32.3. The zero-order valence-corrected chi connectivity index (χ0v) is 57.3. The zero-order valence-electron chi connectivity index (χ0n) is 56.5. The summed E-state index contributed by atoms with van der Waals surface area (Å²) in [7, 11) is 2.08. The molecule has 2 aromatic carbocycles. The molecule has 0 bridgehead atoms. The Kier molecular flexibility index (Phi) is 46.1. The number of unbranched alkanes of at least 4 members (excludes halogenated alkanes) is 24. The minimum atomic E-state index is -1.99. The Bertz CT molecular complexity index is 1830. The number of carbonyl (C=O) groups excluding carboxylic acids is 4. The third-order valence-corrected chi connectivity index (χ3v) is 21.3. The van der Waals surface area contributed by atoms with E-state index in [1.807, 2.05) is 26.2 Å². The summed E-state index contributed by atoms with van der Waals surface area (Å²) in [6.07, 6.45) is 41.6. The Morgan fingerprint density at radius 1 is 0.447 bits per heavy atom. The van der Waals surface area contributed by atoms with Gasteiger partial charge in [0.05, 0.1) is 31.7 Å². The molecule has 0 aliphatic carbocycles. The van der Waals surface area contributed by atoms with Gasteiger partial charge in [0.25, 0.3) is 0 Å². The Morgan fingerprint density at radius 2 is 0.812 bits per heavy atom.